The van der Waals surface area contributed by atoms with E-state index < -0.39 is 5.41 Å². The molecular weight excluding hydrogens is 238 g/mol. The second kappa shape index (κ2) is 3.83. The number of rotatable bonds is 1. The van der Waals surface area contributed by atoms with Gasteiger partial charge < -0.3 is 4.90 Å². The van der Waals surface area contributed by atoms with Crippen LogP contribution < -0.4 is 0 Å². The van der Waals surface area contributed by atoms with E-state index >= 15 is 0 Å². The number of carbonyl (C=O) groups is 2. The molecule has 1 aliphatic heterocycles. The molecule has 3 rings (SSSR count). The Morgan fingerprint density at radius 2 is 1.68 bits per heavy atom. The molecule has 1 amide bonds. The van der Waals surface area contributed by atoms with E-state index in [4.69, 9.17) is 0 Å². The molecular formula is C16H25NO2. The largest absolute Gasteiger partial charge is 0.342 e. The number of nitrogens with zero attached hydrogens (tertiary/aromatic N) is 1. The number of likely N-dealkylation sites (tertiary alicyclic amines) is 1. The number of fused-ring (bicyclic) bond motifs is 2. The Bertz CT molecular complexity index is 436. The lowest BCUT2D eigenvalue weighted by Crippen LogP contribution is -2.50. The van der Waals surface area contributed by atoms with Gasteiger partial charge in [-0.3, -0.25) is 9.59 Å². The first-order chi connectivity index (χ1) is 8.85. The number of carbonyl (C=O) groups excluding carboxylic acids is 2. The normalized spacial score (nSPS) is 40.8. The lowest BCUT2D eigenvalue weighted by molar-refractivity contribution is -0.148. The van der Waals surface area contributed by atoms with Crippen LogP contribution in [0, 0.1) is 16.2 Å². The average Bonchev–Trinajstić information content (AvgIpc) is 2.69. The van der Waals surface area contributed by atoms with Crippen LogP contribution in [0.4, 0.5) is 0 Å². The third-order valence-electron chi connectivity index (χ3n) is 6.76. The average molecular weight is 263 g/mol. The Morgan fingerprint density at radius 1 is 1.05 bits per heavy atom. The third-order valence-corrected chi connectivity index (χ3v) is 6.76. The van der Waals surface area contributed by atoms with Gasteiger partial charge in [-0.15, -0.1) is 0 Å². The van der Waals surface area contributed by atoms with Gasteiger partial charge in [0.2, 0.25) is 5.91 Å². The van der Waals surface area contributed by atoms with Gasteiger partial charge in [-0.1, -0.05) is 20.8 Å². The summed E-state index contributed by atoms with van der Waals surface area (Å²) in [7, 11) is 0. The van der Waals surface area contributed by atoms with Gasteiger partial charge in [-0.2, -0.15) is 0 Å². The van der Waals surface area contributed by atoms with Gasteiger partial charge in [0, 0.05) is 24.9 Å². The highest BCUT2D eigenvalue weighted by Crippen LogP contribution is 2.71. The summed E-state index contributed by atoms with van der Waals surface area (Å²) < 4.78 is 0. The minimum atomic E-state index is -0.407. The van der Waals surface area contributed by atoms with Gasteiger partial charge in [0.1, 0.15) is 5.78 Å². The fourth-order valence-corrected chi connectivity index (χ4v) is 4.73. The number of hydrogen-bond acceptors (Lipinski definition) is 2. The van der Waals surface area contributed by atoms with E-state index in [9.17, 15) is 9.59 Å². The van der Waals surface area contributed by atoms with E-state index in [1.807, 2.05) is 4.90 Å². The molecule has 0 aromatic rings. The van der Waals surface area contributed by atoms with Gasteiger partial charge in [-0.25, -0.2) is 0 Å². The van der Waals surface area contributed by atoms with Crippen LogP contribution in [-0.4, -0.2) is 29.7 Å². The molecule has 0 unspecified atom stereocenters. The van der Waals surface area contributed by atoms with E-state index in [1.54, 1.807) is 0 Å². The first-order valence-corrected chi connectivity index (χ1v) is 7.68. The smallest absolute Gasteiger partial charge is 0.229 e. The molecule has 0 spiro atoms. The molecule has 2 aliphatic carbocycles. The highest BCUT2D eigenvalue weighted by atomic mass is 16.2. The Kier molecular flexibility index (Phi) is 2.65. The van der Waals surface area contributed by atoms with Crippen LogP contribution in [0.3, 0.4) is 0 Å². The van der Waals surface area contributed by atoms with Crippen LogP contribution in [-0.2, 0) is 9.59 Å². The molecule has 2 bridgehead atoms. The van der Waals surface area contributed by atoms with Crippen molar-refractivity contribution in [1.29, 1.82) is 0 Å². The molecule has 3 nitrogen and oxygen atoms in total. The summed E-state index contributed by atoms with van der Waals surface area (Å²) in [6, 6.07) is 0. The molecule has 0 N–H and O–H groups in total. The van der Waals surface area contributed by atoms with Crippen molar-refractivity contribution in [3.05, 3.63) is 0 Å². The molecule has 19 heavy (non-hydrogen) atoms. The number of hydrogen-bond donors (Lipinski definition) is 0. The van der Waals surface area contributed by atoms with Crippen molar-refractivity contribution in [3.63, 3.8) is 0 Å². The molecule has 0 radical (unpaired) electrons. The molecule has 2 atom stereocenters. The second-order valence-electron chi connectivity index (χ2n) is 7.49. The van der Waals surface area contributed by atoms with E-state index in [1.165, 1.54) is 6.42 Å². The van der Waals surface area contributed by atoms with Crippen LogP contribution >= 0.6 is 0 Å². The van der Waals surface area contributed by atoms with E-state index in [2.05, 4.69) is 20.8 Å². The van der Waals surface area contributed by atoms with E-state index in [-0.39, 0.29) is 16.7 Å². The molecule has 1 heterocycles. The van der Waals surface area contributed by atoms with Crippen molar-refractivity contribution in [1.82, 2.24) is 4.90 Å². The van der Waals surface area contributed by atoms with Gasteiger partial charge in [0.05, 0.1) is 5.41 Å². The maximum absolute atomic E-state index is 13.1. The lowest BCUT2D eigenvalue weighted by atomic mass is 9.64. The van der Waals surface area contributed by atoms with E-state index in [0.29, 0.717) is 12.2 Å². The highest BCUT2D eigenvalue weighted by Gasteiger charge is 2.72. The predicted molar refractivity (Wildman–Crippen MR) is 73.6 cm³/mol. The zero-order valence-corrected chi connectivity index (χ0v) is 12.4. The van der Waals surface area contributed by atoms with Gasteiger partial charge in [-0.05, 0) is 37.5 Å². The number of ketones is 1. The number of amides is 1. The van der Waals surface area contributed by atoms with Crippen LogP contribution in [0.1, 0.15) is 59.3 Å². The topological polar surface area (TPSA) is 37.4 Å². The van der Waals surface area contributed by atoms with Crippen molar-refractivity contribution in [2.24, 2.45) is 16.2 Å². The molecule has 0 aromatic carbocycles. The minimum absolute atomic E-state index is 0.189. The van der Waals surface area contributed by atoms with Crippen molar-refractivity contribution < 1.29 is 9.59 Å². The van der Waals surface area contributed by atoms with Crippen molar-refractivity contribution in [2.75, 3.05) is 13.1 Å². The van der Waals surface area contributed by atoms with Gasteiger partial charge in [0.15, 0.2) is 0 Å². The van der Waals surface area contributed by atoms with Gasteiger partial charge in [0.25, 0.3) is 0 Å². The first-order valence-electron chi connectivity index (χ1n) is 7.68. The summed E-state index contributed by atoms with van der Waals surface area (Å²) in [6.07, 6.45) is 5.74. The summed E-state index contributed by atoms with van der Waals surface area (Å²) >= 11 is 0. The van der Waals surface area contributed by atoms with Crippen molar-refractivity contribution >= 4 is 11.7 Å². The maximum Gasteiger partial charge on any atom is 0.229 e. The molecule has 3 aliphatic rings. The Balaban J connectivity index is 1.95. The maximum atomic E-state index is 13.1. The quantitative estimate of drug-likeness (QED) is 0.729. The number of piperidine rings is 1. The Morgan fingerprint density at radius 3 is 2.16 bits per heavy atom. The second-order valence-corrected chi connectivity index (χ2v) is 7.49. The zero-order chi connectivity index (χ0) is 13.9. The summed E-state index contributed by atoms with van der Waals surface area (Å²) in [5.74, 6) is 0.584. The fourth-order valence-electron chi connectivity index (χ4n) is 4.73. The molecule has 0 aromatic heterocycles. The summed E-state index contributed by atoms with van der Waals surface area (Å²) in [6.45, 7) is 8.15. The van der Waals surface area contributed by atoms with Crippen LogP contribution in [0.25, 0.3) is 0 Å². The molecule has 2 saturated carbocycles. The minimum Gasteiger partial charge on any atom is -0.342 e. The van der Waals surface area contributed by atoms with Crippen LogP contribution in [0.15, 0.2) is 0 Å². The molecule has 3 heteroatoms. The standard InChI is InChI=1S/C16H25NO2/c1-14(2)15(3)7-8-16(14,11-12(15)18)13(19)17-9-5-4-6-10-17/h4-11H2,1-3H3/t15-,16+/m0/s1. The summed E-state index contributed by atoms with van der Waals surface area (Å²) in [5, 5.41) is 0. The molecule has 1 saturated heterocycles. The fraction of sp³-hybridized carbons (Fsp3) is 0.875. The van der Waals surface area contributed by atoms with Crippen LogP contribution in [0.2, 0.25) is 0 Å². The first kappa shape index (κ1) is 13.1. The number of Topliss-reactive ketones (excluding diaryl/α,β-unsaturated/α-hetero) is 1. The Hall–Kier alpha value is -0.860. The van der Waals surface area contributed by atoms with E-state index in [0.717, 1.165) is 38.8 Å². The third kappa shape index (κ3) is 1.39. The van der Waals surface area contributed by atoms with Gasteiger partial charge >= 0.3 is 0 Å². The van der Waals surface area contributed by atoms with Crippen LogP contribution in [0.5, 0.6) is 0 Å². The molecule has 3 fully saturated rings. The van der Waals surface area contributed by atoms with Crippen molar-refractivity contribution in [2.45, 2.75) is 59.3 Å². The highest BCUT2D eigenvalue weighted by molar-refractivity contribution is 5.99. The SMILES string of the molecule is CC1(C)[C@]2(C(=O)N3CCCCC3)CC[C@@]1(C)C(=O)C2. The predicted octanol–water partition coefficient (Wildman–Crippen LogP) is 2.78. The zero-order valence-electron chi connectivity index (χ0n) is 12.4. The summed E-state index contributed by atoms with van der Waals surface area (Å²) in [5.41, 5.74) is -0.875. The van der Waals surface area contributed by atoms with Crippen molar-refractivity contribution in [3.8, 4) is 0 Å². The summed E-state index contributed by atoms with van der Waals surface area (Å²) in [4.78, 5) is 27.5. The lowest BCUT2D eigenvalue weighted by Gasteiger charge is -2.42. The monoisotopic (exact) mass is 263 g/mol. The molecule has 106 valence electrons. The Labute approximate surface area is 115 Å².